The number of aryl methyl sites for hydroxylation is 2. The van der Waals surface area contributed by atoms with Gasteiger partial charge < -0.3 is 15.5 Å². The van der Waals surface area contributed by atoms with Crippen molar-refractivity contribution in [3.8, 4) is 0 Å². The summed E-state index contributed by atoms with van der Waals surface area (Å²) in [7, 11) is 0. The van der Waals surface area contributed by atoms with Crippen molar-refractivity contribution in [2.75, 3.05) is 15.5 Å². The van der Waals surface area contributed by atoms with Crippen LogP contribution < -0.4 is 15.5 Å². The minimum absolute atomic E-state index is 0.156. The van der Waals surface area contributed by atoms with Gasteiger partial charge in [-0.05, 0) is 97.3 Å². The van der Waals surface area contributed by atoms with Gasteiger partial charge in [-0.1, -0.05) is 115 Å². The van der Waals surface area contributed by atoms with Gasteiger partial charge in [0, 0.05) is 39.9 Å². The molecule has 0 atom stereocenters. The molecule has 0 amide bonds. The monoisotopic (exact) mass is 609 g/mol. The molecule has 0 heterocycles. The van der Waals surface area contributed by atoms with Crippen LogP contribution in [0.5, 0.6) is 0 Å². The fraction of sp³-hybridized carbons (Fsp3) is 0.0909. The SMILES string of the molecule is Cc1cccc(N(c2cccc(C)c2)c2ccccc2C2(Nc3ccccc3)C=CC(c3ccc(Nc4ccccc4)cc3)C=C2)c1. The first kappa shape index (κ1) is 29.9. The maximum Gasteiger partial charge on any atom is 0.102 e. The van der Waals surface area contributed by atoms with E-state index in [1.165, 1.54) is 22.3 Å². The summed E-state index contributed by atoms with van der Waals surface area (Å²) in [6.45, 7) is 4.30. The summed E-state index contributed by atoms with van der Waals surface area (Å²) in [5.41, 5.74) is 10.9. The lowest BCUT2D eigenvalue weighted by Gasteiger charge is -2.38. The zero-order valence-electron chi connectivity index (χ0n) is 26.8. The second kappa shape index (κ2) is 13.3. The fourth-order valence-corrected chi connectivity index (χ4v) is 6.40. The topological polar surface area (TPSA) is 27.3 Å². The van der Waals surface area contributed by atoms with Crippen LogP contribution in [0.2, 0.25) is 0 Å². The molecule has 0 spiro atoms. The van der Waals surface area contributed by atoms with Gasteiger partial charge >= 0.3 is 0 Å². The predicted octanol–water partition coefficient (Wildman–Crippen LogP) is 11.7. The average molecular weight is 610 g/mol. The van der Waals surface area contributed by atoms with Crippen molar-refractivity contribution in [2.24, 2.45) is 0 Å². The number of rotatable bonds is 9. The number of para-hydroxylation sites is 3. The van der Waals surface area contributed by atoms with Crippen LogP contribution in [0, 0.1) is 13.8 Å². The Morgan fingerprint density at radius 1 is 0.511 bits per heavy atom. The molecule has 1 aliphatic carbocycles. The largest absolute Gasteiger partial charge is 0.369 e. The second-order valence-electron chi connectivity index (χ2n) is 12.2. The van der Waals surface area contributed by atoms with Crippen LogP contribution >= 0.6 is 0 Å². The molecule has 0 fully saturated rings. The summed E-state index contributed by atoms with van der Waals surface area (Å²) in [6, 6.07) is 55.8. The van der Waals surface area contributed by atoms with E-state index >= 15 is 0 Å². The fourth-order valence-electron chi connectivity index (χ4n) is 6.40. The van der Waals surface area contributed by atoms with Gasteiger partial charge in [0.05, 0.1) is 5.69 Å². The number of benzene rings is 6. The smallest absolute Gasteiger partial charge is 0.102 e. The average Bonchev–Trinajstić information content (AvgIpc) is 3.10. The standard InChI is InChI=1S/C44H39N3/c1-33-13-11-19-40(31-33)47(41-20-12-14-34(2)32-41)43-22-10-9-21-42(43)44(46-39-17-7-4-8-18-39)29-27-36(28-30-44)35-23-25-38(26-24-35)45-37-15-5-3-6-16-37/h3-32,36,45-46H,1-2H3. The summed E-state index contributed by atoms with van der Waals surface area (Å²) in [5, 5.41) is 7.43. The van der Waals surface area contributed by atoms with Crippen molar-refractivity contribution < 1.29 is 0 Å². The van der Waals surface area contributed by atoms with Crippen molar-refractivity contribution >= 4 is 34.1 Å². The highest BCUT2D eigenvalue weighted by molar-refractivity contribution is 5.81. The van der Waals surface area contributed by atoms with E-state index in [1.807, 2.05) is 18.2 Å². The van der Waals surface area contributed by atoms with Crippen LogP contribution in [0.15, 0.2) is 182 Å². The van der Waals surface area contributed by atoms with Gasteiger partial charge in [-0.3, -0.25) is 0 Å². The maximum atomic E-state index is 3.93. The molecule has 2 N–H and O–H groups in total. The molecule has 0 radical (unpaired) electrons. The molecule has 230 valence electrons. The third kappa shape index (κ3) is 6.61. The Hall–Kier alpha value is -5.80. The first-order valence-corrected chi connectivity index (χ1v) is 16.2. The number of anilines is 6. The Balaban J connectivity index is 1.29. The van der Waals surface area contributed by atoms with Crippen LogP contribution in [-0.4, -0.2) is 0 Å². The molecule has 3 heteroatoms. The lowest BCUT2D eigenvalue weighted by Crippen LogP contribution is -2.34. The van der Waals surface area contributed by atoms with Crippen molar-refractivity contribution in [3.05, 3.63) is 204 Å². The Morgan fingerprint density at radius 3 is 1.64 bits per heavy atom. The Bertz CT molecular complexity index is 1950. The van der Waals surface area contributed by atoms with Gasteiger partial charge in [0.15, 0.2) is 0 Å². The van der Waals surface area contributed by atoms with Gasteiger partial charge in [-0.15, -0.1) is 0 Å². The first-order valence-electron chi connectivity index (χ1n) is 16.2. The van der Waals surface area contributed by atoms with E-state index in [2.05, 4.69) is 193 Å². The second-order valence-corrected chi connectivity index (χ2v) is 12.2. The highest BCUT2D eigenvalue weighted by atomic mass is 15.2. The van der Waals surface area contributed by atoms with Crippen LogP contribution in [-0.2, 0) is 5.54 Å². The highest BCUT2D eigenvalue weighted by Crippen LogP contribution is 2.45. The van der Waals surface area contributed by atoms with E-state index in [4.69, 9.17) is 0 Å². The summed E-state index contributed by atoms with van der Waals surface area (Å²) in [6.07, 6.45) is 9.33. The summed E-state index contributed by atoms with van der Waals surface area (Å²) >= 11 is 0. The Labute approximate surface area is 278 Å². The Kier molecular flexibility index (Phi) is 8.44. The van der Waals surface area contributed by atoms with Crippen molar-refractivity contribution in [2.45, 2.75) is 25.3 Å². The van der Waals surface area contributed by atoms with E-state index in [0.717, 1.165) is 34.1 Å². The van der Waals surface area contributed by atoms with Crippen LogP contribution in [0.25, 0.3) is 0 Å². The quantitative estimate of drug-likeness (QED) is 0.160. The molecular formula is C44H39N3. The molecule has 0 aromatic heterocycles. The van der Waals surface area contributed by atoms with Crippen LogP contribution in [0.3, 0.4) is 0 Å². The first-order chi connectivity index (χ1) is 23.1. The van der Waals surface area contributed by atoms with Crippen LogP contribution in [0.1, 0.15) is 28.2 Å². The zero-order valence-corrected chi connectivity index (χ0v) is 26.8. The molecule has 47 heavy (non-hydrogen) atoms. The summed E-state index contributed by atoms with van der Waals surface area (Å²) in [5.74, 6) is 0.156. The van der Waals surface area contributed by atoms with Gasteiger partial charge in [0.1, 0.15) is 5.54 Å². The molecule has 0 unspecified atom stereocenters. The number of hydrogen-bond acceptors (Lipinski definition) is 3. The van der Waals surface area contributed by atoms with Crippen molar-refractivity contribution in [1.82, 2.24) is 0 Å². The minimum atomic E-state index is -0.588. The number of nitrogens with zero attached hydrogens (tertiary/aromatic N) is 1. The van der Waals surface area contributed by atoms with E-state index in [-0.39, 0.29) is 5.92 Å². The van der Waals surface area contributed by atoms with Gasteiger partial charge in [0.2, 0.25) is 0 Å². The van der Waals surface area contributed by atoms with Gasteiger partial charge in [0.25, 0.3) is 0 Å². The minimum Gasteiger partial charge on any atom is -0.369 e. The Morgan fingerprint density at radius 2 is 1.04 bits per heavy atom. The number of hydrogen-bond donors (Lipinski definition) is 2. The van der Waals surface area contributed by atoms with Crippen molar-refractivity contribution in [1.29, 1.82) is 0 Å². The van der Waals surface area contributed by atoms with E-state index < -0.39 is 5.54 Å². The number of allylic oxidation sites excluding steroid dienone is 2. The highest BCUT2D eigenvalue weighted by Gasteiger charge is 2.33. The molecular weight excluding hydrogens is 571 g/mol. The van der Waals surface area contributed by atoms with Gasteiger partial charge in [-0.2, -0.15) is 0 Å². The van der Waals surface area contributed by atoms with Crippen molar-refractivity contribution in [3.63, 3.8) is 0 Å². The normalized spacial score (nSPS) is 16.9. The van der Waals surface area contributed by atoms with E-state index in [1.54, 1.807) is 0 Å². The van der Waals surface area contributed by atoms with Crippen LogP contribution in [0.4, 0.5) is 34.1 Å². The molecule has 0 saturated carbocycles. The predicted molar refractivity (Wildman–Crippen MR) is 200 cm³/mol. The molecule has 6 aromatic rings. The summed E-state index contributed by atoms with van der Waals surface area (Å²) in [4.78, 5) is 2.38. The van der Waals surface area contributed by atoms with E-state index in [0.29, 0.717) is 0 Å². The lowest BCUT2D eigenvalue weighted by molar-refractivity contribution is 0.749. The van der Waals surface area contributed by atoms with Gasteiger partial charge in [-0.25, -0.2) is 0 Å². The third-order valence-corrected chi connectivity index (χ3v) is 8.73. The molecule has 0 aliphatic heterocycles. The summed E-state index contributed by atoms with van der Waals surface area (Å²) < 4.78 is 0. The van der Waals surface area contributed by atoms with E-state index in [9.17, 15) is 0 Å². The molecule has 6 aromatic carbocycles. The molecule has 0 saturated heterocycles. The lowest BCUT2D eigenvalue weighted by atomic mass is 9.80. The molecule has 1 aliphatic rings. The molecule has 3 nitrogen and oxygen atoms in total. The third-order valence-electron chi connectivity index (χ3n) is 8.73. The number of nitrogens with one attached hydrogen (secondary N) is 2. The molecule has 0 bridgehead atoms. The maximum absolute atomic E-state index is 3.93. The molecule has 7 rings (SSSR count). The zero-order chi connectivity index (χ0) is 32.1.